The van der Waals surface area contributed by atoms with Crippen molar-refractivity contribution >= 4 is 34.7 Å². The van der Waals surface area contributed by atoms with E-state index in [4.69, 9.17) is 4.74 Å². The van der Waals surface area contributed by atoms with Crippen LogP contribution in [0.1, 0.15) is 12.6 Å². The van der Waals surface area contributed by atoms with E-state index in [1.807, 2.05) is 61.5 Å². The van der Waals surface area contributed by atoms with Gasteiger partial charge in [0.15, 0.2) is 0 Å². The molecule has 3 aromatic rings. The lowest BCUT2D eigenvalue weighted by Gasteiger charge is -2.12. The van der Waals surface area contributed by atoms with Gasteiger partial charge in [0, 0.05) is 30.1 Å². The molecule has 0 unspecified atom stereocenters. The molecule has 138 valence electrons. The number of ether oxygens (including phenoxy) is 1. The van der Waals surface area contributed by atoms with Gasteiger partial charge in [0.05, 0.1) is 12.8 Å². The Labute approximate surface area is 157 Å². The van der Waals surface area contributed by atoms with Gasteiger partial charge in [-0.3, -0.25) is 4.79 Å². The number of hydrogen-bond acceptors (Lipinski definition) is 6. The zero-order valence-electron chi connectivity index (χ0n) is 15.4. The summed E-state index contributed by atoms with van der Waals surface area (Å²) < 4.78 is 5.35. The van der Waals surface area contributed by atoms with E-state index < -0.39 is 0 Å². The highest BCUT2D eigenvalue weighted by atomic mass is 16.5. The molecule has 3 rings (SSSR count). The van der Waals surface area contributed by atoms with Crippen molar-refractivity contribution < 1.29 is 9.53 Å². The van der Waals surface area contributed by atoms with Crippen LogP contribution >= 0.6 is 0 Å². The molecule has 7 nitrogen and oxygen atoms in total. The number of hydrogen-bond donors (Lipinski definition) is 3. The van der Waals surface area contributed by atoms with Crippen molar-refractivity contribution in [1.82, 2.24) is 9.97 Å². The number of methoxy groups -OCH3 is 1. The second-order valence-electron chi connectivity index (χ2n) is 5.93. The quantitative estimate of drug-likeness (QED) is 0.607. The number of para-hydroxylation sites is 2. The predicted molar refractivity (Wildman–Crippen MR) is 107 cm³/mol. The highest BCUT2D eigenvalue weighted by Gasteiger charge is 2.07. The fourth-order valence-electron chi connectivity index (χ4n) is 2.54. The van der Waals surface area contributed by atoms with Crippen LogP contribution in [0.4, 0.5) is 28.8 Å². The summed E-state index contributed by atoms with van der Waals surface area (Å²) in [6.07, 6.45) is 0. The first-order chi connectivity index (χ1) is 13.0. The lowest BCUT2D eigenvalue weighted by atomic mass is 10.2. The van der Waals surface area contributed by atoms with Crippen LogP contribution < -0.4 is 20.7 Å². The summed E-state index contributed by atoms with van der Waals surface area (Å²) in [7, 11) is 1.62. The third kappa shape index (κ3) is 4.94. The second kappa shape index (κ2) is 8.18. The molecule has 0 aliphatic rings. The first kappa shape index (κ1) is 18.2. The molecule has 2 aromatic carbocycles. The number of carbonyl (C=O) groups is 1. The van der Waals surface area contributed by atoms with E-state index in [2.05, 4.69) is 25.9 Å². The van der Waals surface area contributed by atoms with Crippen molar-refractivity contribution in [3.05, 3.63) is 60.3 Å². The smallest absolute Gasteiger partial charge is 0.229 e. The molecule has 0 fully saturated rings. The summed E-state index contributed by atoms with van der Waals surface area (Å²) in [6, 6.07) is 16.8. The van der Waals surface area contributed by atoms with Gasteiger partial charge in [-0.05, 0) is 43.3 Å². The van der Waals surface area contributed by atoms with Crippen LogP contribution in [0, 0.1) is 6.92 Å². The fraction of sp³-hybridized carbons (Fsp3) is 0.150. The van der Waals surface area contributed by atoms with Gasteiger partial charge < -0.3 is 20.7 Å². The molecule has 0 aliphatic heterocycles. The first-order valence-corrected chi connectivity index (χ1v) is 8.44. The van der Waals surface area contributed by atoms with Crippen LogP contribution in [-0.4, -0.2) is 23.0 Å². The zero-order chi connectivity index (χ0) is 19.2. The highest BCUT2D eigenvalue weighted by Crippen LogP contribution is 2.26. The number of aromatic nitrogens is 2. The van der Waals surface area contributed by atoms with Crippen LogP contribution in [0.5, 0.6) is 5.75 Å². The first-order valence-electron chi connectivity index (χ1n) is 8.44. The van der Waals surface area contributed by atoms with Gasteiger partial charge in [0.25, 0.3) is 0 Å². The van der Waals surface area contributed by atoms with Gasteiger partial charge >= 0.3 is 0 Å². The van der Waals surface area contributed by atoms with Crippen LogP contribution in [-0.2, 0) is 4.79 Å². The summed E-state index contributed by atoms with van der Waals surface area (Å²) in [5.41, 5.74) is 3.20. The summed E-state index contributed by atoms with van der Waals surface area (Å²) in [5.74, 6) is 1.74. The van der Waals surface area contributed by atoms with Crippen molar-refractivity contribution in [1.29, 1.82) is 0 Å². The van der Waals surface area contributed by atoms with E-state index in [1.54, 1.807) is 7.11 Å². The number of aryl methyl sites for hydroxylation is 1. The maximum atomic E-state index is 11.1. The van der Waals surface area contributed by atoms with Crippen LogP contribution in [0.15, 0.2) is 54.6 Å². The Morgan fingerprint density at radius 1 is 0.963 bits per heavy atom. The minimum Gasteiger partial charge on any atom is -0.495 e. The molecule has 0 aliphatic carbocycles. The molecule has 27 heavy (non-hydrogen) atoms. The molecular weight excluding hydrogens is 342 g/mol. The average molecular weight is 363 g/mol. The van der Waals surface area contributed by atoms with E-state index in [9.17, 15) is 4.79 Å². The van der Waals surface area contributed by atoms with Crippen molar-refractivity contribution in [2.45, 2.75) is 13.8 Å². The molecule has 1 amide bonds. The average Bonchev–Trinajstić information content (AvgIpc) is 2.63. The molecule has 0 saturated carbocycles. The van der Waals surface area contributed by atoms with Gasteiger partial charge in [0.2, 0.25) is 11.9 Å². The summed E-state index contributed by atoms with van der Waals surface area (Å²) in [5, 5.41) is 9.17. The topological polar surface area (TPSA) is 88.2 Å². The number of nitrogens with zero attached hydrogens (tertiary/aromatic N) is 2. The van der Waals surface area contributed by atoms with Gasteiger partial charge in [-0.2, -0.15) is 4.98 Å². The van der Waals surface area contributed by atoms with Crippen LogP contribution in [0.25, 0.3) is 0 Å². The van der Waals surface area contributed by atoms with E-state index >= 15 is 0 Å². The monoisotopic (exact) mass is 363 g/mol. The maximum absolute atomic E-state index is 11.1. The number of anilines is 5. The number of carbonyl (C=O) groups excluding carboxylic acids is 1. The SMILES string of the molecule is COc1ccccc1Nc1nc(C)cc(Nc2ccc(NC(C)=O)cc2)n1. The Balaban J connectivity index is 1.78. The Bertz CT molecular complexity index is 941. The number of benzene rings is 2. The summed E-state index contributed by atoms with van der Waals surface area (Å²) in [4.78, 5) is 20.0. The Morgan fingerprint density at radius 3 is 2.37 bits per heavy atom. The molecule has 3 N–H and O–H groups in total. The minimum atomic E-state index is -0.103. The molecular formula is C20H21N5O2. The molecule has 0 spiro atoms. The Morgan fingerprint density at radius 2 is 1.67 bits per heavy atom. The molecule has 0 atom stereocenters. The number of nitrogens with one attached hydrogen (secondary N) is 3. The second-order valence-corrected chi connectivity index (χ2v) is 5.93. The lowest BCUT2D eigenvalue weighted by Crippen LogP contribution is -2.05. The number of rotatable bonds is 6. The van der Waals surface area contributed by atoms with Crippen molar-refractivity contribution in [3.63, 3.8) is 0 Å². The van der Waals surface area contributed by atoms with Crippen molar-refractivity contribution in [2.24, 2.45) is 0 Å². The molecule has 0 saturated heterocycles. The van der Waals surface area contributed by atoms with E-state index in [1.165, 1.54) is 6.92 Å². The Hall–Kier alpha value is -3.61. The van der Waals surface area contributed by atoms with Crippen molar-refractivity contribution in [3.8, 4) is 5.75 Å². The molecule has 1 aromatic heterocycles. The Kier molecular flexibility index (Phi) is 5.51. The normalized spacial score (nSPS) is 10.2. The summed E-state index contributed by atoms with van der Waals surface area (Å²) in [6.45, 7) is 3.38. The minimum absolute atomic E-state index is 0.103. The van der Waals surface area contributed by atoms with Crippen LogP contribution in [0.3, 0.4) is 0 Å². The van der Waals surface area contributed by atoms with Gasteiger partial charge in [0.1, 0.15) is 11.6 Å². The fourth-order valence-corrected chi connectivity index (χ4v) is 2.54. The maximum Gasteiger partial charge on any atom is 0.229 e. The molecule has 1 heterocycles. The largest absolute Gasteiger partial charge is 0.495 e. The van der Waals surface area contributed by atoms with Crippen molar-refractivity contribution in [2.75, 3.05) is 23.1 Å². The molecule has 0 bridgehead atoms. The van der Waals surface area contributed by atoms with Crippen LogP contribution in [0.2, 0.25) is 0 Å². The molecule has 7 heteroatoms. The number of amides is 1. The lowest BCUT2D eigenvalue weighted by molar-refractivity contribution is -0.114. The standard InChI is InChI=1S/C20H21N5O2/c1-13-12-19(23-16-10-8-15(9-11-16)22-14(2)26)25-20(21-13)24-17-6-4-5-7-18(17)27-3/h4-12H,1-3H3,(H,22,26)(H2,21,23,24,25). The van der Waals surface area contributed by atoms with Gasteiger partial charge in [-0.25, -0.2) is 4.98 Å². The molecule has 0 radical (unpaired) electrons. The predicted octanol–water partition coefficient (Wildman–Crippen LogP) is 4.24. The third-order valence-corrected chi connectivity index (χ3v) is 3.69. The van der Waals surface area contributed by atoms with E-state index in [0.29, 0.717) is 17.5 Å². The van der Waals surface area contributed by atoms with Gasteiger partial charge in [-0.1, -0.05) is 12.1 Å². The van der Waals surface area contributed by atoms with E-state index in [-0.39, 0.29) is 5.91 Å². The zero-order valence-corrected chi connectivity index (χ0v) is 15.4. The third-order valence-electron chi connectivity index (χ3n) is 3.69. The van der Waals surface area contributed by atoms with E-state index in [0.717, 1.165) is 22.8 Å². The summed E-state index contributed by atoms with van der Waals surface area (Å²) >= 11 is 0. The van der Waals surface area contributed by atoms with Gasteiger partial charge in [-0.15, -0.1) is 0 Å². The highest BCUT2D eigenvalue weighted by molar-refractivity contribution is 5.88.